The van der Waals surface area contributed by atoms with Crippen molar-refractivity contribution in [2.75, 3.05) is 13.1 Å². The number of halogens is 1. The highest BCUT2D eigenvalue weighted by atomic mass is 19.1. The molecule has 1 fully saturated rings. The van der Waals surface area contributed by atoms with Gasteiger partial charge in [-0.15, -0.1) is 0 Å². The average molecular weight is 340 g/mol. The highest BCUT2D eigenvalue weighted by Crippen LogP contribution is 2.30. The summed E-state index contributed by atoms with van der Waals surface area (Å²) in [6.07, 6.45) is 0.385. The van der Waals surface area contributed by atoms with E-state index in [4.69, 9.17) is 9.47 Å². The van der Waals surface area contributed by atoms with Crippen molar-refractivity contribution < 1.29 is 23.6 Å². The minimum absolute atomic E-state index is 0.129. The minimum Gasteiger partial charge on any atom is -0.482 e. The van der Waals surface area contributed by atoms with E-state index in [9.17, 15) is 19.3 Å². The van der Waals surface area contributed by atoms with E-state index in [-0.39, 0.29) is 18.0 Å². The van der Waals surface area contributed by atoms with E-state index in [0.717, 1.165) is 18.2 Å². The molecule has 0 aliphatic carbocycles. The Hall–Kier alpha value is -2.38. The Balaban J connectivity index is 2.07. The molecule has 1 aliphatic rings. The number of nitrogens with zero attached hydrogens (tertiary/aromatic N) is 2. The Bertz CT molecular complexity index is 629. The lowest BCUT2D eigenvalue weighted by Crippen LogP contribution is -2.46. The third-order valence-electron chi connectivity index (χ3n) is 3.44. The molecule has 0 aromatic heterocycles. The number of likely N-dealkylation sites (tertiary alicyclic amines) is 1. The zero-order valence-electron chi connectivity index (χ0n) is 14.0. The minimum atomic E-state index is -0.622. The fraction of sp³-hybridized carbons (Fsp3) is 0.562. The molecule has 1 aromatic carbocycles. The second-order valence-corrected chi connectivity index (χ2v) is 6.68. The normalized spacial score (nSPS) is 18.2. The summed E-state index contributed by atoms with van der Waals surface area (Å²) in [6, 6.07) is 3.07. The molecule has 1 aliphatic heterocycles. The number of hydrogen-bond acceptors (Lipinski definition) is 5. The van der Waals surface area contributed by atoms with Crippen molar-refractivity contribution in [2.24, 2.45) is 0 Å². The van der Waals surface area contributed by atoms with Crippen LogP contribution in [0.1, 0.15) is 33.6 Å². The number of carbonyl (C=O) groups is 1. The maximum atomic E-state index is 13.4. The standard InChI is InChI=1S/C16H21FN2O5/c1-16(2,3)24-15(20)18-8-4-5-12(10-18)23-14-9-11(17)6-7-13(14)19(21)22/h6-7,9,12H,4-5,8,10H2,1-3H3/t12-/m0/s1. The van der Waals surface area contributed by atoms with Gasteiger partial charge in [0.25, 0.3) is 0 Å². The Labute approximate surface area is 139 Å². The molecular weight excluding hydrogens is 319 g/mol. The number of piperidine rings is 1. The van der Waals surface area contributed by atoms with E-state index in [2.05, 4.69) is 0 Å². The van der Waals surface area contributed by atoms with Gasteiger partial charge in [0.15, 0.2) is 5.75 Å². The molecule has 0 unspecified atom stereocenters. The van der Waals surface area contributed by atoms with Crippen LogP contribution in [0, 0.1) is 15.9 Å². The highest BCUT2D eigenvalue weighted by Gasteiger charge is 2.30. The fourth-order valence-electron chi connectivity index (χ4n) is 2.44. The van der Waals surface area contributed by atoms with E-state index in [1.807, 2.05) is 0 Å². The van der Waals surface area contributed by atoms with Gasteiger partial charge in [0, 0.05) is 18.7 Å². The smallest absolute Gasteiger partial charge is 0.410 e. The average Bonchev–Trinajstić information content (AvgIpc) is 2.45. The number of ether oxygens (including phenoxy) is 2. The van der Waals surface area contributed by atoms with Crippen molar-refractivity contribution in [1.82, 2.24) is 4.90 Å². The van der Waals surface area contributed by atoms with Gasteiger partial charge in [0.05, 0.1) is 11.5 Å². The largest absolute Gasteiger partial charge is 0.482 e. The van der Waals surface area contributed by atoms with Gasteiger partial charge in [0.2, 0.25) is 0 Å². The second-order valence-electron chi connectivity index (χ2n) is 6.68. The first-order chi connectivity index (χ1) is 11.2. The van der Waals surface area contributed by atoms with Gasteiger partial charge in [-0.2, -0.15) is 0 Å². The first-order valence-corrected chi connectivity index (χ1v) is 7.74. The van der Waals surface area contributed by atoms with E-state index in [0.29, 0.717) is 19.4 Å². The fourth-order valence-corrected chi connectivity index (χ4v) is 2.44. The summed E-state index contributed by atoms with van der Waals surface area (Å²) in [5.74, 6) is -0.744. The molecule has 0 saturated carbocycles. The Morgan fingerprint density at radius 3 is 2.75 bits per heavy atom. The van der Waals surface area contributed by atoms with Crippen molar-refractivity contribution >= 4 is 11.8 Å². The third kappa shape index (κ3) is 4.81. The monoisotopic (exact) mass is 340 g/mol. The van der Waals surface area contributed by atoms with Crippen LogP contribution in [0.15, 0.2) is 18.2 Å². The number of hydrogen-bond donors (Lipinski definition) is 0. The van der Waals surface area contributed by atoms with E-state index >= 15 is 0 Å². The van der Waals surface area contributed by atoms with E-state index < -0.39 is 28.5 Å². The molecule has 0 spiro atoms. The third-order valence-corrected chi connectivity index (χ3v) is 3.44. The number of amides is 1. The van der Waals surface area contributed by atoms with E-state index in [1.165, 1.54) is 4.90 Å². The van der Waals surface area contributed by atoms with Crippen molar-refractivity contribution in [2.45, 2.75) is 45.3 Å². The molecule has 1 heterocycles. The topological polar surface area (TPSA) is 81.9 Å². The molecule has 0 radical (unpaired) electrons. The maximum Gasteiger partial charge on any atom is 0.410 e. The summed E-state index contributed by atoms with van der Waals surface area (Å²) in [5, 5.41) is 11.0. The van der Waals surface area contributed by atoms with Crippen molar-refractivity contribution in [3.8, 4) is 5.75 Å². The molecule has 0 bridgehead atoms. The molecular formula is C16H21FN2O5. The van der Waals surface area contributed by atoms with Gasteiger partial charge < -0.3 is 14.4 Å². The van der Waals surface area contributed by atoms with Gasteiger partial charge in [-0.3, -0.25) is 10.1 Å². The van der Waals surface area contributed by atoms with E-state index in [1.54, 1.807) is 20.8 Å². The van der Waals surface area contributed by atoms with Gasteiger partial charge in [0.1, 0.15) is 17.5 Å². The summed E-state index contributed by atoms with van der Waals surface area (Å²) in [5.41, 5.74) is -0.905. The summed E-state index contributed by atoms with van der Waals surface area (Å²) in [7, 11) is 0. The predicted molar refractivity (Wildman–Crippen MR) is 84.5 cm³/mol. The number of carbonyl (C=O) groups excluding carboxylic acids is 1. The maximum absolute atomic E-state index is 13.4. The van der Waals surface area contributed by atoms with Crippen LogP contribution in [0.4, 0.5) is 14.9 Å². The molecule has 0 N–H and O–H groups in total. The van der Waals surface area contributed by atoms with Crippen LogP contribution in [0.5, 0.6) is 5.75 Å². The van der Waals surface area contributed by atoms with Crippen molar-refractivity contribution in [3.05, 3.63) is 34.1 Å². The lowest BCUT2D eigenvalue weighted by atomic mass is 10.1. The second kappa shape index (κ2) is 7.02. The molecule has 132 valence electrons. The van der Waals surface area contributed by atoms with Crippen LogP contribution >= 0.6 is 0 Å². The van der Waals surface area contributed by atoms with Crippen LogP contribution in [0.3, 0.4) is 0 Å². The number of rotatable bonds is 3. The molecule has 7 nitrogen and oxygen atoms in total. The lowest BCUT2D eigenvalue weighted by Gasteiger charge is -2.34. The summed E-state index contributed by atoms with van der Waals surface area (Å²) < 4.78 is 24.3. The summed E-state index contributed by atoms with van der Waals surface area (Å²) in [6.45, 7) is 6.10. The molecule has 8 heteroatoms. The molecule has 2 rings (SSSR count). The number of nitro benzene ring substituents is 1. The Morgan fingerprint density at radius 2 is 2.12 bits per heavy atom. The van der Waals surface area contributed by atoms with Crippen molar-refractivity contribution in [1.29, 1.82) is 0 Å². The van der Waals surface area contributed by atoms with Crippen molar-refractivity contribution in [3.63, 3.8) is 0 Å². The summed E-state index contributed by atoms with van der Waals surface area (Å²) >= 11 is 0. The highest BCUT2D eigenvalue weighted by molar-refractivity contribution is 5.68. The van der Waals surface area contributed by atoms with Gasteiger partial charge in [-0.25, -0.2) is 9.18 Å². The number of nitro groups is 1. The van der Waals surface area contributed by atoms with Crippen LogP contribution in [0.25, 0.3) is 0 Å². The number of benzene rings is 1. The Kier molecular flexibility index (Phi) is 5.26. The zero-order valence-corrected chi connectivity index (χ0v) is 14.0. The van der Waals surface area contributed by atoms with Crippen LogP contribution in [0.2, 0.25) is 0 Å². The first-order valence-electron chi connectivity index (χ1n) is 7.74. The molecule has 1 amide bonds. The summed E-state index contributed by atoms with van der Waals surface area (Å²) in [4.78, 5) is 24.0. The predicted octanol–water partition coefficient (Wildman–Crippen LogP) is 3.51. The van der Waals surface area contributed by atoms with Crippen LogP contribution in [-0.2, 0) is 4.74 Å². The lowest BCUT2D eigenvalue weighted by molar-refractivity contribution is -0.386. The SMILES string of the molecule is CC(C)(C)OC(=O)N1CCC[C@H](Oc2cc(F)ccc2[N+](=O)[O-])C1. The first kappa shape index (κ1) is 18.0. The van der Waals surface area contributed by atoms with Gasteiger partial charge >= 0.3 is 11.8 Å². The molecule has 1 atom stereocenters. The Morgan fingerprint density at radius 1 is 1.42 bits per heavy atom. The molecule has 1 aromatic rings. The molecule has 1 saturated heterocycles. The van der Waals surface area contributed by atoms with Gasteiger partial charge in [-0.1, -0.05) is 0 Å². The quantitative estimate of drug-likeness (QED) is 0.621. The zero-order chi connectivity index (χ0) is 17.9. The molecule has 24 heavy (non-hydrogen) atoms. The van der Waals surface area contributed by atoms with Gasteiger partial charge in [-0.05, 0) is 39.7 Å². The van der Waals surface area contributed by atoms with Crippen LogP contribution < -0.4 is 4.74 Å². The van der Waals surface area contributed by atoms with Crippen LogP contribution in [-0.4, -0.2) is 40.7 Å².